The molecule has 0 bridgehead atoms. The summed E-state index contributed by atoms with van der Waals surface area (Å²) in [5, 5.41) is 3.29. The van der Waals surface area contributed by atoms with Crippen molar-refractivity contribution in [2.75, 3.05) is 6.54 Å². The molecule has 0 unspecified atom stereocenters. The standard InChI is InChI=1S/C15H24N2O2S/c1-4-17(14-9-10-14)20(18,19)15-8-6-5-7-13(15)11-16-12(2)3/h5-8,12,14,16H,4,9-11H2,1-3H3. The Morgan fingerprint density at radius 1 is 1.30 bits per heavy atom. The Balaban J connectivity index is 2.30. The van der Waals surface area contributed by atoms with Gasteiger partial charge in [-0.3, -0.25) is 0 Å². The van der Waals surface area contributed by atoms with Crippen molar-refractivity contribution in [1.82, 2.24) is 9.62 Å². The molecule has 0 saturated heterocycles. The predicted octanol–water partition coefficient (Wildman–Crippen LogP) is 2.36. The molecule has 0 radical (unpaired) electrons. The van der Waals surface area contributed by atoms with E-state index < -0.39 is 10.0 Å². The minimum absolute atomic E-state index is 0.205. The predicted molar refractivity (Wildman–Crippen MR) is 81.0 cm³/mol. The van der Waals surface area contributed by atoms with Gasteiger partial charge in [0.15, 0.2) is 0 Å². The lowest BCUT2D eigenvalue weighted by atomic mass is 10.2. The normalized spacial score (nSPS) is 16.1. The van der Waals surface area contributed by atoms with E-state index in [1.165, 1.54) is 0 Å². The zero-order valence-corrected chi connectivity index (χ0v) is 13.3. The highest BCUT2D eigenvalue weighted by molar-refractivity contribution is 7.89. The van der Waals surface area contributed by atoms with Gasteiger partial charge in [0.25, 0.3) is 0 Å². The topological polar surface area (TPSA) is 49.4 Å². The van der Waals surface area contributed by atoms with Crippen molar-refractivity contribution in [1.29, 1.82) is 0 Å². The highest BCUT2D eigenvalue weighted by Gasteiger charge is 2.37. The Morgan fingerprint density at radius 2 is 1.95 bits per heavy atom. The molecule has 1 aromatic rings. The van der Waals surface area contributed by atoms with Gasteiger partial charge in [0.2, 0.25) is 10.0 Å². The van der Waals surface area contributed by atoms with Gasteiger partial charge in [0.05, 0.1) is 4.90 Å². The lowest BCUT2D eigenvalue weighted by Gasteiger charge is -2.22. The number of nitrogens with one attached hydrogen (secondary N) is 1. The van der Waals surface area contributed by atoms with E-state index in [1.54, 1.807) is 16.4 Å². The summed E-state index contributed by atoms with van der Waals surface area (Å²) < 4.78 is 27.3. The fourth-order valence-corrected chi connectivity index (χ4v) is 4.25. The molecule has 0 heterocycles. The number of rotatable bonds is 7. The average Bonchev–Trinajstić information content (AvgIpc) is 3.21. The summed E-state index contributed by atoms with van der Waals surface area (Å²) in [6, 6.07) is 7.84. The summed E-state index contributed by atoms with van der Waals surface area (Å²) >= 11 is 0. The number of sulfonamides is 1. The smallest absolute Gasteiger partial charge is 0.243 e. The van der Waals surface area contributed by atoms with Crippen molar-refractivity contribution in [2.45, 2.75) is 57.1 Å². The summed E-state index contributed by atoms with van der Waals surface area (Å²) in [6.45, 7) is 7.14. The SMILES string of the molecule is CCN(C1CC1)S(=O)(=O)c1ccccc1CNC(C)C. The lowest BCUT2D eigenvalue weighted by Crippen LogP contribution is -2.34. The van der Waals surface area contributed by atoms with E-state index in [1.807, 2.05) is 19.1 Å². The first-order valence-electron chi connectivity index (χ1n) is 7.30. The summed E-state index contributed by atoms with van der Waals surface area (Å²) in [6.07, 6.45) is 1.97. The first-order chi connectivity index (χ1) is 9.46. The quantitative estimate of drug-likeness (QED) is 0.840. The van der Waals surface area contributed by atoms with Crippen LogP contribution in [0.5, 0.6) is 0 Å². The number of hydrogen-bond donors (Lipinski definition) is 1. The molecular formula is C15H24N2O2S. The van der Waals surface area contributed by atoms with Crippen LogP contribution < -0.4 is 5.32 Å². The zero-order valence-electron chi connectivity index (χ0n) is 12.5. The molecule has 1 saturated carbocycles. The Morgan fingerprint density at radius 3 is 2.50 bits per heavy atom. The van der Waals surface area contributed by atoms with Crippen LogP contribution in [0.3, 0.4) is 0 Å². The van der Waals surface area contributed by atoms with Crippen molar-refractivity contribution < 1.29 is 8.42 Å². The molecule has 1 aliphatic rings. The third kappa shape index (κ3) is 3.40. The number of benzene rings is 1. The fraction of sp³-hybridized carbons (Fsp3) is 0.600. The van der Waals surface area contributed by atoms with Crippen molar-refractivity contribution >= 4 is 10.0 Å². The van der Waals surface area contributed by atoms with Gasteiger partial charge in [-0.25, -0.2) is 8.42 Å². The van der Waals surface area contributed by atoms with Crippen LogP contribution >= 0.6 is 0 Å². The monoisotopic (exact) mass is 296 g/mol. The summed E-state index contributed by atoms with van der Waals surface area (Å²) in [7, 11) is -3.37. The van der Waals surface area contributed by atoms with Crippen LogP contribution in [-0.2, 0) is 16.6 Å². The van der Waals surface area contributed by atoms with Gasteiger partial charge in [-0.05, 0) is 24.5 Å². The van der Waals surface area contributed by atoms with Crippen LogP contribution in [0, 0.1) is 0 Å². The van der Waals surface area contributed by atoms with E-state index in [2.05, 4.69) is 19.2 Å². The maximum Gasteiger partial charge on any atom is 0.243 e. The number of nitrogens with zero attached hydrogens (tertiary/aromatic N) is 1. The molecule has 0 amide bonds. The van der Waals surface area contributed by atoms with E-state index in [9.17, 15) is 8.42 Å². The molecule has 1 aromatic carbocycles. The van der Waals surface area contributed by atoms with E-state index in [-0.39, 0.29) is 6.04 Å². The van der Waals surface area contributed by atoms with Gasteiger partial charge in [-0.1, -0.05) is 39.0 Å². The van der Waals surface area contributed by atoms with Gasteiger partial charge >= 0.3 is 0 Å². The van der Waals surface area contributed by atoms with Gasteiger partial charge in [-0.2, -0.15) is 4.31 Å². The van der Waals surface area contributed by atoms with Crippen molar-refractivity contribution in [2.24, 2.45) is 0 Å². The maximum absolute atomic E-state index is 12.8. The molecule has 1 aliphatic carbocycles. The van der Waals surface area contributed by atoms with Gasteiger partial charge in [0.1, 0.15) is 0 Å². The van der Waals surface area contributed by atoms with Gasteiger partial charge < -0.3 is 5.32 Å². The Bertz CT molecular complexity index is 551. The fourth-order valence-electron chi connectivity index (χ4n) is 2.33. The minimum atomic E-state index is -3.37. The van der Waals surface area contributed by atoms with Crippen LogP contribution in [0.4, 0.5) is 0 Å². The third-order valence-electron chi connectivity index (χ3n) is 3.53. The molecule has 0 spiro atoms. The highest BCUT2D eigenvalue weighted by Crippen LogP contribution is 2.32. The first-order valence-corrected chi connectivity index (χ1v) is 8.74. The second-order valence-corrected chi connectivity index (χ2v) is 7.44. The molecule has 0 aromatic heterocycles. The molecule has 112 valence electrons. The molecule has 5 heteroatoms. The Hall–Kier alpha value is -0.910. The van der Waals surface area contributed by atoms with Crippen molar-refractivity contribution in [3.63, 3.8) is 0 Å². The maximum atomic E-state index is 12.8. The third-order valence-corrected chi connectivity index (χ3v) is 5.65. The van der Waals surface area contributed by atoms with E-state index in [0.29, 0.717) is 24.0 Å². The summed E-state index contributed by atoms with van der Waals surface area (Å²) in [5.74, 6) is 0. The molecule has 0 aliphatic heterocycles. The molecule has 1 fully saturated rings. The van der Waals surface area contributed by atoms with Crippen LogP contribution in [-0.4, -0.2) is 31.4 Å². The van der Waals surface area contributed by atoms with Gasteiger partial charge in [-0.15, -0.1) is 0 Å². The zero-order chi connectivity index (χ0) is 14.8. The lowest BCUT2D eigenvalue weighted by molar-refractivity contribution is 0.420. The Labute approximate surface area is 122 Å². The van der Waals surface area contributed by atoms with Crippen LogP contribution in [0.15, 0.2) is 29.2 Å². The molecule has 2 rings (SSSR count). The highest BCUT2D eigenvalue weighted by atomic mass is 32.2. The molecule has 1 N–H and O–H groups in total. The molecular weight excluding hydrogens is 272 g/mol. The van der Waals surface area contributed by atoms with E-state index >= 15 is 0 Å². The number of hydrogen-bond acceptors (Lipinski definition) is 3. The van der Waals surface area contributed by atoms with Crippen LogP contribution in [0.2, 0.25) is 0 Å². The Kier molecular flexibility index (Phi) is 4.83. The molecule has 0 atom stereocenters. The van der Waals surface area contributed by atoms with Crippen molar-refractivity contribution in [3.8, 4) is 0 Å². The largest absolute Gasteiger partial charge is 0.310 e. The van der Waals surface area contributed by atoms with Crippen LogP contribution in [0.25, 0.3) is 0 Å². The second kappa shape index (κ2) is 6.24. The van der Waals surface area contributed by atoms with Crippen molar-refractivity contribution in [3.05, 3.63) is 29.8 Å². The summed E-state index contributed by atoms with van der Waals surface area (Å²) in [5.41, 5.74) is 0.848. The average molecular weight is 296 g/mol. The minimum Gasteiger partial charge on any atom is -0.310 e. The second-order valence-electron chi connectivity index (χ2n) is 5.58. The summed E-state index contributed by atoms with van der Waals surface area (Å²) in [4.78, 5) is 0.446. The van der Waals surface area contributed by atoms with E-state index in [0.717, 1.165) is 18.4 Å². The van der Waals surface area contributed by atoms with Gasteiger partial charge in [0, 0.05) is 25.2 Å². The van der Waals surface area contributed by atoms with Crippen LogP contribution in [0.1, 0.15) is 39.2 Å². The van der Waals surface area contributed by atoms with E-state index in [4.69, 9.17) is 0 Å². The molecule has 4 nitrogen and oxygen atoms in total. The molecule has 20 heavy (non-hydrogen) atoms. The first kappa shape index (κ1) is 15.5.